The number of benzene rings is 1. The number of hydrogen-bond acceptors (Lipinski definition) is 7. The highest BCUT2D eigenvalue weighted by Gasteiger charge is 2.34. The van der Waals surface area contributed by atoms with E-state index in [1.165, 1.54) is 36.2 Å². The van der Waals surface area contributed by atoms with E-state index in [-0.39, 0.29) is 12.0 Å². The SMILES string of the molecule is CCC1=C(N(C)c2nc(-c3ccc(F)cc3Br)cs2)N2C=C(C3CCN(SC)CC3)C=CC2N1. The summed E-state index contributed by atoms with van der Waals surface area (Å²) in [6.45, 7) is 4.47. The number of allylic oxidation sites excluding steroid dienone is 3. The summed E-state index contributed by atoms with van der Waals surface area (Å²) in [5, 5.41) is 6.63. The van der Waals surface area contributed by atoms with E-state index in [2.05, 4.69) is 73.9 Å². The summed E-state index contributed by atoms with van der Waals surface area (Å²) in [5.41, 5.74) is 4.36. The Hall–Kier alpha value is -1.81. The first-order valence-corrected chi connectivity index (χ1v) is 14.5. The molecule has 0 aliphatic carbocycles. The number of aromatic nitrogens is 1. The van der Waals surface area contributed by atoms with E-state index >= 15 is 0 Å². The molecule has 1 atom stereocenters. The van der Waals surface area contributed by atoms with Crippen LogP contribution in [0.3, 0.4) is 0 Å². The third kappa shape index (κ3) is 4.55. The first-order chi connectivity index (χ1) is 16.5. The van der Waals surface area contributed by atoms with Crippen molar-refractivity contribution in [2.24, 2.45) is 5.92 Å². The summed E-state index contributed by atoms with van der Waals surface area (Å²) in [7, 11) is 2.08. The van der Waals surface area contributed by atoms with Gasteiger partial charge in [-0.1, -0.05) is 24.9 Å². The number of halogens is 2. The fourth-order valence-corrected chi connectivity index (χ4v) is 6.79. The molecule has 5 nitrogen and oxygen atoms in total. The van der Waals surface area contributed by atoms with Crippen LogP contribution in [0.5, 0.6) is 0 Å². The Kier molecular flexibility index (Phi) is 7.07. The number of nitrogens with one attached hydrogen (secondary N) is 1. The van der Waals surface area contributed by atoms with Crippen LogP contribution in [0, 0.1) is 11.7 Å². The predicted molar refractivity (Wildman–Crippen MR) is 145 cm³/mol. The van der Waals surface area contributed by atoms with Crippen molar-refractivity contribution in [3.05, 3.63) is 69.3 Å². The van der Waals surface area contributed by atoms with Crippen LogP contribution in [0.15, 0.2) is 63.5 Å². The molecule has 1 saturated heterocycles. The Morgan fingerprint density at radius 2 is 2.12 bits per heavy atom. The molecular formula is C25H29BrFN5S2. The maximum atomic E-state index is 13.6. The maximum Gasteiger partial charge on any atom is 0.191 e. The zero-order valence-corrected chi connectivity index (χ0v) is 22.8. The average Bonchev–Trinajstić information content (AvgIpc) is 3.48. The van der Waals surface area contributed by atoms with Crippen LogP contribution < -0.4 is 10.2 Å². The van der Waals surface area contributed by atoms with Gasteiger partial charge in [0, 0.05) is 41.8 Å². The van der Waals surface area contributed by atoms with E-state index in [0.29, 0.717) is 10.4 Å². The molecule has 180 valence electrons. The van der Waals surface area contributed by atoms with Gasteiger partial charge < -0.3 is 15.1 Å². The fraction of sp³-hybridized carbons (Fsp3) is 0.400. The quantitative estimate of drug-likeness (QED) is 0.411. The highest BCUT2D eigenvalue weighted by atomic mass is 79.9. The first kappa shape index (κ1) is 23.9. The van der Waals surface area contributed by atoms with Crippen molar-refractivity contribution in [2.45, 2.75) is 32.4 Å². The van der Waals surface area contributed by atoms with Gasteiger partial charge in [0.15, 0.2) is 5.13 Å². The van der Waals surface area contributed by atoms with E-state index in [1.54, 1.807) is 17.4 Å². The van der Waals surface area contributed by atoms with Crippen molar-refractivity contribution in [1.29, 1.82) is 0 Å². The second kappa shape index (κ2) is 10.0. The summed E-state index contributed by atoms with van der Waals surface area (Å²) in [4.78, 5) is 9.45. The average molecular weight is 563 g/mol. The van der Waals surface area contributed by atoms with Gasteiger partial charge >= 0.3 is 0 Å². The second-order valence-corrected chi connectivity index (χ2v) is 11.3. The van der Waals surface area contributed by atoms with Gasteiger partial charge in [-0.3, -0.25) is 4.31 Å². The molecule has 3 aliphatic heterocycles. The van der Waals surface area contributed by atoms with Crippen LogP contribution in [0.25, 0.3) is 11.3 Å². The largest absolute Gasteiger partial charge is 0.362 e. The third-order valence-corrected chi connectivity index (χ3v) is 9.19. The third-order valence-electron chi connectivity index (χ3n) is 6.74. The van der Waals surface area contributed by atoms with Gasteiger partial charge in [0.25, 0.3) is 0 Å². The van der Waals surface area contributed by atoms with Crippen molar-refractivity contribution < 1.29 is 4.39 Å². The zero-order chi connectivity index (χ0) is 23.8. The van der Waals surface area contributed by atoms with Gasteiger partial charge in [0.1, 0.15) is 17.8 Å². The van der Waals surface area contributed by atoms with Gasteiger partial charge in [0.2, 0.25) is 0 Å². The van der Waals surface area contributed by atoms with E-state index in [4.69, 9.17) is 4.98 Å². The second-order valence-electron chi connectivity index (χ2n) is 8.72. The Bertz CT molecular complexity index is 1150. The number of fused-ring (bicyclic) bond motifs is 1. The highest BCUT2D eigenvalue weighted by Crippen LogP contribution is 2.38. The molecule has 4 heterocycles. The molecule has 0 saturated carbocycles. The molecule has 1 N–H and O–H groups in total. The molecule has 2 aromatic rings. The van der Waals surface area contributed by atoms with E-state index in [1.807, 2.05) is 17.3 Å². The fourth-order valence-electron chi connectivity index (χ4n) is 4.87. The number of rotatable bonds is 6. The standard InChI is InChI=1S/C25H29BrFN5S2/c1-4-21-24(30(2)25-29-22(15-34-25)19-7-6-18(27)13-20(19)26)32-14-17(5-8-23(32)28-21)16-9-11-31(33-3)12-10-16/h5-8,13-16,23,28H,4,9-12H2,1-3H3. The molecule has 9 heteroatoms. The van der Waals surface area contributed by atoms with Gasteiger partial charge in [-0.25, -0.2) is 9.37 Å². The molecule has 0 bridgehead atoms. The van der Waals surface area contributed by atoms with Gasteiger partial charge in [-0.2, -0.15) is 0 Å². The van der Waals surface area contributed by atoms with Crippen molar-refractivity contribution in [1.82, 2.24) is 19.5 Å². The van der Waals surface area contributed by atoms with Crippen molar-refractivity contribution in [3.8, 4) is 11.3 Å². The van der Waals surface area contributed by atoms with Crippen LogP contribution in [0.4, 0.5) is 9.52 Å². The van der Waals surface area contributed by atoms with Crippen molar-refractivity contribution in [3.63, 3.8) is 0 Å². The minimum atomic E-state index is -0.260. The van der Waals surface area contributed by atoms with Crippen molar-refractivity contribution in [2.75, 3.05) is 31.3 Å². The minimum absolute atomic E-state index is 0.133. The Balaban J connectivity index is 1.40. The summed E-state index contributed by atoms with van der Waals surface area (Å²) >= 11 is 6.93. The molecule has 5 rings (SSSR count). The zero-order valence-electron chi connectivity index (χ0n) is 19.6. The van der Waals surface area contributed by atoms with Crippen LogP contribution in [0.1, 0.15) is 26.2 Å². The van der Waals surface area contributed by atoms with E-state index in [0.717, 1.165) is 41.7 Å². The van der Waals surface area contributed by atoms with Crippen LogP contribution >= 0.6 is 39.2 Å². The summed E-state index contributed by atoms with van der Waals surface area (Å²) in [6, 6.07) is 4.73. The topological polar surface area (TPSA) is 34.6 Å². The summed E-state index contributed by atoms with van der Waals surface area (Å²) in [5.74, 6) is 1.49. The van der Waals surface area contributed by atoms with Crippen LogP contribution in [0.2, 0.25) is 0 Å². The summed E-state index contributed by atoms with van der Waals surface area (Å²) in [6.07, 6.45) is 12.6. The molecule has 0 spiro atoms. The number of hydrogen-bond donors (Lipinski definition) is 1. The molecule has 1 aromatic carbocycles. The van der Waals surface area contributed by atoms with E-state index in [9.17, 15) is 4.39 Å². The Labute approximate surface area is 217 Å². The molecular weight excluding hydrogens is 533 g/mol. The first-order valence-electron chi connectivity index (χ1n) is 11.6. The molecule has 1 fully saturated rings. The lowest BCUT2D eigenvalue weighted by atomic mass is 9.89. The lowest BCUT2D eigenvalue weighted by Crippen LogP contribution is -2.38. The number of nitrogens with zero attached hydrogens (tertiary/aromatic N) is 4. The smallest absolute Gasteiger partial charge is 0.191 e. The lowest BCUT2D eigenvalue weighted by Gasteiger charge is -2.35. The summed E-state index contributed by atoms with van der Waals surface area (Å²) < 4.78 is 16.7. The lowest BCUT2D eigenvalue weighted by molar-refractivity contribution is 0.314. The number of anilines is 1. The van der Waals surface area contributed by atoms with Gasteiger partial charge in [-0.05, 0) is 77.2 Å². The van der Waals surface area contributed by atoms with E-state index < -0.39 is 0 Å². The predicted octanol–water partition coefficient (Wildman–Crippen LogP) is 6.40. The number of piperidine rings is 1. The molecule has 1 aromatic heterocycles. The minimum Gasteiger partial charge on any atom is -0.362 e. The van der Waals surface area contributed by atoms with Crippen LogP contribution in [-0.2, 0) is 0 Å². The van der Waals surface area contributed by atoms with Crippen LogP contribution in [-0.4, -0.2) is 46.7 Å². The molecule has 1 unspecified atom stereocenters. The molecule has 34 heavy (non-hydrogen) atoms. The Morgan fingerprint density at radius 1 is 1.32 bits per heavy atom. The normalized spacial score (nSPS) is 21.0. The maximum absolute atomic E-state index is 13.6. The highest BCUT2D eigenvalue weighted by molar-refractivity contribution is 9.10. The van der Waals surface area contributed by atoms with Gasteiger partial charge in [0.05, 0.1) is 11.4 Å². The van der Waals surface area contributed by atoms with Crippen molar-refractivity contribution >= 4 is 44.3 Å². The monoisotopic (exact) mass is 561 g/mol. The number of thiazole rings is 1. The molecule has 0 amide bonds. The molecule has 0 radical (unpaired) electrons. The van der Waals surface area contributed by atoms with Gasteiger partial charge in [-0.15, -0.1) is 11.3 Å². The Morgan fingerprint density at radius 3 is 2.82 bits per heavy atom. The molecule has 3 aliphatic rings.